The van der Waals surface area contributed by atoms with Gasteiger partial charge >= 0.3 is 6.16 Å². The van der Waals surface area contributed by atoms with Gasteiger partial charge in [0.2, 0.25) is 5.91 Å². The highest BCUT2D eigenvalue weighted by molar-refractivity contribution is 7.91. The second-order valence-electron chi connectivity index (χ2n) is 9.68. The first kappa shape index (κ1) is 27.3. The van der Waals surface area contributed by atoms with Crippen LogP contribution in [0.1, 0.15) is 28.0 Å². The molecule has 10 heteroatoms. The van der Waals surface area contributed by atoms with Crippen molar-refractivity contribution in [3.63, 3.8) is 0 Å². The number of rotatable bonds is 8. The largest absolute Gasteiger partial charge is 0.507 e. The van der Waals surface area contributed by atoms with Crippen molar-refractivity contribution in [2.24, 2.45) is 5.73 Å². The molecule has 1 amide bonds. The molecule has 1 heterocycles. The Hall–Kier alpha value is -4.25. The number of ether oxygens (including phenoxy) is 1. The van der Waals surface area contributed by atoms with Gasteiger partial charge in [0.05, 0.1) is 16.9 Å². The van der Waals surface area contributed by atoms with Gasteiger partial charge in [0.25, 0.3) is 0 Å². The van der Waals surface area contributed by atoms with E-state index in [9.17, 15) is 23.1 Å². The number of nitrogens with two attached hydrogens (primary N) is 1. The van der Waals surface area contributed by atoms with E-state index in [2.05, 4.69) is 10.6 Å². The first-order valence-corrected chi connectivity index (χ1v) is 14.3. The summed E-state index contributed by atoms with van der Waals surface area (Å²) in [4.78, 5) is 24.6. The van der Waals surface area contributed by atoms with Crippen molar-refractivity contribution < 1.29 is 27.9 Å². The van der Waals surface area contributed by atoms with Gasteiger partial charge in [0.15, 0.2) is 16.1 Å². The minimum Gasteiger partial charge on any atom is -0.450 e. The van der Waals surface area contributed by atoms with Crippen LogP contribution in [0.25, 0.3) is 10.8 Å². The fraction of sp³-hybridized carbons (Fsp3) is 0.200. The van der Waals surface area contributed by atoms with Crippen molar-refractivity contribution in [3.05, 3.63) is 114 Å². The molecule has 4 atom stereocenters. The number of carbonyl (C=O) groups excluding carboxylic acids is 1. The molecule has 0 bridgehead atoms. The molecule has 4 aromatic carbocycles. The highest BCUT2D eigenvalue weighted by atomic mass is 32.2. The molecular formula is C30H29N3O6S. The minimum absolute atomic E-state index is 0.0218. The molecule has 1 aliphatic heterocycles. The van der Waals surface area contributed by atoms with Gasteiger partial charge < -0.3 is 20.9 Å². The average Bonchev–Trinajstić information content (AvgIpc) is 2.96. The summed E-state index contributed by atoms with van der Waals surface area (Å²) in [5.74, 6) is -1.12. The molecule has 3 unspecified atom stereocenters. The second-order valence-corrected chi connectivity index (χ2v) is 11.7. The fourth-order valence-corrected chi connectivity index (χ4v) is 6.77. The zero-order chi connectivity index (χ0) is 28.3. The van der Waals surface area contributed by atoms with Crippen molar-refractivity contribution in [3.8, 4) is 0 Å². The molecule has 0 spiro atoms. The summed E-state index contributed by atoms with van der Waals surface area (Å²) < 4.78 is 33.0. The Labute approximate surface area is 231 Å². The van der Waals surface area contributed by atoms with Crippen molar-refractivity contribution in [1.82, 2.24) is 10.6 Å². The zero-order valence-electron chi connectivity index (χ0n) is 21.4. The average molecular weight is 560 g/mol. The van der Waals surface area contributed by atoms with Crippen molar-refractivity contribution in [2.75, 3.05) is 6.54 Å². The third-order valence-corrected chi connectivity index (χ3v) is 9.00. The molecule has 0 saturated heterocycles. The van der Waals surface area contributed by atoms with Crippen LogP contribution in [0, 0.1) is 0 Å². The van der Waals surface area contributed by atoms with Crippen LogP contribution >= 0.6 is 0 Å². The standard InChI is InChI=1S/C30H29N3O6S/c31-26(16-19-8-2-1-3-9-19)27(34)32-18-25-23-12-6-7-13-24(23)29(33-28(25)39-30(35)36)40(37,38)22-15-14-20-10-4-5-11-21(20)17-22/h1-15,17,25-26,28-29,33H,16,18,31H2,(H,32,34)(H,35,36)/t25?,26-,28?,29?/m0/s1. The summed E-state index contributed by atoms with van der Waals surface area (Å²) in [5, 5.41) is 15.5. The van der Waals surface area contributed by atoms with E-state index in [1.54, 1.807) is 36.4 Å². The first-order chi connectivity index (χ1) is 19.2. The number of hydrogen-bond acceptors (Lipinski definition) is 7. The van der Waals surface area contributed by atoms with Crippen LogP contribution in [0.3, 0.4) is 0 Å². The van der Waals surface area contributed by atoms with Crippen LogP contribution < -0.4 is 16.4 Å². The Kier molecular flexibility index (Phi) is 7.83. The van der Waals surface area contributed by atoms with E-state index in [-0.39, 0.29) is 11.4 Å². The lowest BCUT2D eigenvalue weighted by atomic mass is 9.89. The fourth-order valence-electron chi connectivity index (χ4n) is 5.09. The predicted molar refractivity (Wildman–Crippen MR) is 150 cm³/mol. The number of benzene rings is 4. The molecule has 0 aliphatic carbocycles. The van der Waals surface area contributed by atoms with E-state index in [4.69, 9.17) is 10.5 Å². The van der Waals surface area contributed by atoms with Gasteiger partial charge in [-0.25, -0.2) is 13.2 Å². The number of hydrogen-bond donors (Lipinski definition) is 4. The van der Waals surface area contributed by atoms with Gasteiger partial charge in [-0.05, 0) is 46.0 Å². The number of amides is 1. The molecule has 5 rings (SSSR count). The minimum atomic E-state index is -4.03. The lowest BCUT2D eigenvalue weighted by Crippen LogP contribution is -2.52. The Balaban J connectivity index is 1.43. The third kappa shape index (κ3) is 5.69. The lowest BCUT2D eigenvalue weighted by molar-refractivity contribution is -0.122. The van der Waals surface area contributed by atoms with Crippen LogP contribution in [0.2, 0.25) is 0 Å². The Morgan fingerprint density at radius 3 is 2.27 bits per heavy atom. The molecule has 0 fully saturated rings. The number of carbonyl (C=O) groups is 2. The van der Waals surface area contributed by atoms with Crippen molar-refractivity contribution >= 4 is 32.7 Å². The van der Waals surface area contributed by atoms with Gasteiger partial charge in [-0.3, -0.25) is 10.1 Å². The maximum absolute atomic E-state index is 13.9. The third-order valence-electron chi connectivity index (χ3n) is 7.08. The van der Waals surface area contributed by atoms with E-state index >= 15 is 0 Å². The predicted octanol–water partition coefficient (Wildman–Crippen LogP) is 3.71. The molecule has 4 aromatic rings. The summed E-state index contributed by atoms with van der Waals surface area (Å²) in [6, 6.07) is 27.7. The summed E-state index contributed by atoms with van der Waals surface area (Å²) in [5.41, 5.74) is 8.04. The summed E-state index contributed by atoms with van der Waals surface area (Å²) >= 11 is 0. The van der Waals surface area contributed by atoms with Gasteiger partial charge in [-0.1, -0.05) is 84.9 Å². The monoisotopic (exact) mass is 559 g/mol. The maximum atomic E-state index is 13.9. The van der Waals surface area contributed by atoms with E-state index in [0.29, 0.717) is 17.5 Å². The van der Waals surface area contributed by atoms with E-state index in [1.807, 2.05) is 54.6 Å². The summed E-state index contributed by atoms with van der Waals surface area (Å²) in [7, 11) is -4.03. The van der Waals surface area contributed by atoms with E-state index in [0.717, 1.165) is 16.3 Å². The first-order valence-electron chi connectivity index (χ1n) is 12.8. The molecular weight excluding hydrogens is 530 g/mol. The van der Waals surface area contributed by atoms with Crippen LogP contribution in [0.4, 0.5) is 4.79 Å². The van der Waals surface area contributed by atoms with Gasteiger partial charge in [0, 0.05) is 6.54 Å². The SMILES string of the molecule is N[C@@H](Cc1ccccc1)C(=O)NCC1c2ccccc2C(S(=O)(=O)c2ccc3ccccc3c2)NC1OC(=O)O. The van der Waals surface area contributed by atoms with Gasteiger partial charge in [0.1, 0.15) is 5.37 Å². The number of fused-ring (bicyclic) bond motifs is 2. The highest BCUT2D eigenvalue weighted by Crippen LogP contribution is 2.39. The molecule has 40 heavy (non-hydrogen) atoms. The van der Waals surface area contributed by atoms with E-state index in [1.165, 1.54) is 6.07 Å². The molecule has 206 valence electrons. The molecule has 1 aliphatic rings. The number of carboxylic acid groups (broad SMARTS) is 1. The summed E-state index contributed by atoms with van der Waals surface area (Å²) in [6.45, 7) is -0.0218. The Morgan fingerprint density at radius 2 is 1.55 bits per heavy atom. The van der Waals surface area contributed by atoms with Gasteiger partial charge in [-0.15, -0.1) is 0 Å². The van der Waals surface area contributed by atoms with Crippen LogP contribution in [0.5, 0.6) is 0 Å². The van der Waals surface area contributed by atoms with Crippen LogP contribution in [-0.4, -0.2) is 44.4 Å². The molecule has 0 aromatic heterocycles. The maximum Gasteiger partial charge on any atom is 0.507 e. The van der Waals surface area contributed by atoms with Crippen molar-refractivity contribution in [2.45, 2.75) is 34.9 Å². The smallest absolute Gasteiger partial charge is 0.450 e. The second kappa shape index (κ2) is 11.5. The molecule has 9 nitrogen and oxygen atoms in total. The number of sulfone groups is 1. The van der Waals surface area contributed by atoms with E-state index < -0.39 is 45.5 Å². The Bertz CT molecular complexity index is 1640. The quantitative estimate of drug-likeness (QED) is 0.239. The van der Waals surface area contributed by atoms with Crippen LogP contribution in [0.15, 0.2) is 102 Å². The van der Waals surface area contributed by atoms with Crippen LogP contribution in [-0.2, 0) is 25.8 Å². The molecule has 0 radical (unpaired) electrons. The lowest BCUT2D eigenvalue weighted by Gasteiger charge is -2.38. The number of nitrogens with one attached hydrogen (secondary N) is 2. The molecule has 5 N–H and O–H groups in total. The zero-order valence-corrected chi connectivity index (χ0v) is 22.3. The van der Waals surface area contributed by atoms with Gasteiger partial charge in [-0.2, -0.15) is 0 Å². The summed E-state index contributed by atoms with van der Waals surface area (Å²) in [6.07, 6.45) is -2.50. The van der Waals surface area contributed by atoms with Crippen molar-refractivity contribution in [1.29, 1.82) is 0 Å². The Morgan fingerprint density at radius 1 is 0.900 bits per heavy atom. The molecule has 0 saturated carbocycles. The highest BCUT2D eigenvalue weighted by Gasteiger charge is 2.43. The topological polar surface area (TPSA) is 148 Å². The normalized spacial score (nSPS) is 19.4.